The lowest BCUT2D eigenvalue weighted by atomic mass is 9.59. The number of anilines is 1. The average Bonchev–Trinajstić information content (AvgIpc) is 3.23. The number of rotatable bonds is 4. The molecule has 2 aromatic rings. The Balaban J connectivity index is 1.43. The number of ketones is 2. The molecule has 3 aliphatic carbocycles. The molecule has 4 aliphatic rings. The van der Waals surface area contributed by atoms with Crippen LogP contribution in [0.1, 0.15) is 36.9 Å². The summed E-state index contributed by atoms with van der Waals surface area (Å²) in [4.78, 5) is 58.1. The van der Waals surface area contributed by atoms with Crippen LogP contribution in [-0.2, 0) is 25.4 Å². The van der Waals surface area contributed by atoms with Gasteiger partial charge in [0.2, 0.25) is 0 Å². The molecule has 0 bridgehead atoms. The van der Waals surface area contributed by atoms with Gasteiger partial charge in [0.25, 0.3) is 11.8 Å². The zero-order valence-corrected chi connectivity index (χ0v) is 24.4. The van der Waals surface area contributed by atoms with Crippen LogP contribution in [0.2, 0.25) is 5.02 Å². The fourth-order valence-corrected chi connectivity index (χ4v) is 7.04. The first kappa shape index (κ1) is 29.6. The van der Waals surface area contributed by atoms with Gasteiger partial charge in [0, 0.05) is 29.7 Å². The van der Waals surface area contributed by atoms with Gasteiger partial charge in [0.15, 0.2) is 28.9 Å². The van der Waals surface area contributed by atoms with Gasteiger partial charge >= 0.3 is 6.18 Å². The molecule has 6 rings (SSSR count). The Hall–Kier alpha value is -4.45. The SMILES string of the molecule is COc1ccc(C2C3=CCC4C(=O)N(N(C)c5nc(C(F)(F)F)ccc5Cl)C(=O)C4C3CC3=C2C(=O)C(C)=CC3=O)cc1O. The standard InChI is InChI=1S/C31H25ClF3N3O6/c1-13-10-20(39)18-12-17-15(24(26(18)27(13)41)14-4-8-22(44-3)21(40)11-14)5-6-16-25(17)30(43)38(29(16)42)37(2)28-19(32)7-9-23(36-28)31(33,34)35/h4-5,7-11,16-17,24-25,40H,6,12H2,1-3H3. The van der Waals surface area contributed by atoms with Gasteiger partial charge in [0.05, 0.1) is 24.0 Å². The molecule has 4 unspecified atom stereocenters. The summed E-state index contributed by atoms with van der Waals surface area (Å²) in [6, 6.07) is 6.33. The van der Waals surface area contributed by atoms with E-state index < -0.39 is 53.2 Å². The van der Waals surface area contributed by atoms with Crippen molar-refractivity contribution in [3.8, 4) is 11.5 Å². The molecular formula is C31H25ClF3N3O6. The molecule has 228 valence electrons. The highest BCUT2D eigenvalue weighted by atomic mass is 35.5. The summed E-state index contributed by atoms with van der Waals surface area (Å²) in [5, 5.41) is 12.1. The minimum Gasteiger partial charge on any atom is -0.504 e. The number of carbonyl (C=O) groups is 4. The number of methoxy groups -OCH3 is 1. The molecule has 0 radical (unpaired) electrons. The molecule has 2 heterocycles. The molecule has 1 aromatic heterocycles. The molecule has 0 spiro atoms. The lowest BCUT2D eigenvalue weighted by Gasteiger charge is -2.42. The van der Waals surface area contributed by atoms with E-state index >= 15 is 0 Å². The number of Topliss-reactive ketones (excluding diaryl/α,β-unsaturated/α-hetero) is 1. The van der Waals surface area contributed by atoms with Crippen LogP contribution in [0, 0.1) is 17.8 Å². The first-order valence-corrected chi connectivity index (χ1v) is 14.0. The van der Waals surface area contributed by atoms with Crippen molar-refractivity contribution in [1.82, 2.24) is 9.99 Å². The van der Waals surface area contributed by atoms with E-state index in [-0.39, 0.29) is 57.6 Å². The molecule has 1 saturated heterocycles. The van der Waals surface area contributed by atoms with Crippen LogP contribution in [0.4, 0.5) is 19.0 Å². The van der Waals surface area contributed by atoms with Crippen LogP contribution in [0.25, 0.3) is 0 Å². The predicted octanol–water partition coefficient (Wildman–Crippen LogP) is 4.95. The number of aromatic nitrogens is 1. The molecule has 0 saturated carbocycles. The number of allylic oxidation sites excluding steroid dienone is 6. The van der Waals surface area contributed by atoms with Crippen molar-refractivity contribution < 1.29 is 42.2 Å². The summed E-state index contributed by atoms with van der Waals surface area (Å²) in [6.07, 6.45) is -1.64. The van der Waals surface area contributed by atoms with Crippen LogP contribution in [-0.4, -0.2) is 52.6 Å². The summed E-state index contributed by atoms with van der Waals surface area (Å²) in [7, 11) is 2.62. The van der Waals surface area contributed by atoms with Crippen LogP contribution in [0.3, 0.4) is 0 Å². The third-order valence-electron chi connectivity index (χ3n) is 8.80. The molecular weight excluding hydrogens is 603 g/mol. The summed E-state index contributed by atoms with van der Waals surface area (Å²) in [6.45, 7) is 1.55. The molecule has 2 amide bonds. The van der Waals surface area contributed by atoms with E-state index in [4.69, 9.17) is 16.3 Å². The molecule has 1 fully saturated rings. The predicted molar refractivity (Wildman–Crippen MR) is 150 cm³/mol. The first-order chi connectivity index (χ1) is 20.7. The zero-order valence-electron chi connectivity index (χ0n) is 23.6. The van der Waals surface area contributed by atoms with Crippen molar-refractivity contribution in [3.05, 3.63) is 81.1 Å². The lowest BCUT2D eigenvalue weighted by molar-refractivity contribution is -0.141. The highest BCUT2D eigenvalue weighted by Crippen LogP contribution is 2.55. The highest BCUT2D eigenvalue weighted by Gasteiger charge is 2.57. The Morgan fingerprint density at radius 1 is 1.09 bits per heavy atom. The van der Waals surface area contributed by atoms with Gasteiger partial charge < -0.3 is 9.84 Å². The van der Waals surface area contributed by atoms with Crippen LogP contribution >= 0.6 is 11.6 Å². The number of hydrazine groups is 1. The quantitative estimate of drug-likeness (QED) is 0.288. The summed E-state index contributed by atoms with van der Waals surface area (Å²) < 4.78 is 45.4. The van der Waals surface area contributed by atoms with Gasteiger partial charge in [0.1, 0.15) is 5.69 Å². The number of imide groups is 1. The van der Waals surface area contributed by atoms with Crippen LogP contribution < -0.4 is 9.75 Å². The maximum Gasteiger partial charge on any atom is 0.433 e. The summed E-state index contributed by atoms with van der Waals surface area (Å²) in [5.74, 6) is -5.79. The summed E-state index contributed by atoms with van der Waals surface area (Å²) in [5.41, 5.74) is 0.627. The van der Waals surface area contributed by atoms with Gasteiger partial charge in [-0.1, -0.05) is 29.3 Å². The van der Waals surface area contributed by atoms with E-state index in [0.717, 1.165) is 16.1 Å². The third-order valence-corrected chi connectivity index (χ3v) is 9.10. The average molecular weight is 628 g/mol. The Morgan fingerprint density at radius 3 is 2.48 bits per heavy atom. The summed E-state index contributed by atoms with van der Waals surface area (Å²) >= 11 is 6.18. The number of phenols is 1. The number of carbonyl (C=O) groups excluding carboxylic acids is 4. The number of hydrogen-bond acceptors (Lipinski definition) is 8. The normalized spacial score (nSPS) is 24.9. The first-order valence-electron chi connectivity index (χ1n) is 13.7. The molecule has 1 aromatic carbocycles. The van der Waals surface area contributed by atoms with Gasteiger partial charge in [-0.2, -0.15) is 18.2 Å². The molecule has 13 heteroatoms. The second kappa shape index (κ2) is 10.3. The van der Waals surface area contributed by atoms with Crippen LogP contribution in [0.5, 0.6) is 11.5 Å². The number of amides is 2. The molecule has 44 heavy (non-hydrogen) atoms. The van der Waals surface area contributed by atoms with Gasteiger partial charge in [-0.3, -0.25) is 24.2 Å². The molecule has 4 atom stereocenters. The smallest absolute Gasteiger partial charge is 0.433 e. The van der Waals surface area contributed by atoms with Gasteiger partial charge in [-0.25, -0.2) is 4.98 Å². The lowest BCUT2D eigenvalue weighted by Crippen LogP contribution is -2.46. The number of phenolic OH excluding ortho intramolecular Hbond substituents is 1. The topological polar surface area (TPSA) is 117 Å². The second-order valence-electron chi connectivity index (χ2n) is 11.2. The number of halogens is 4. The Bertz CT molecular complexity index is 1760. The number of hydrogen-bond donors (Lipinski definition) is 1. The number of alkyl halides is 3. The number of aromatic hydroxyl groups is 1. The fourth-order valence-electron chi connectivity index (χ4n) is 6.82. The number of pyridine rings is 1. The van der Waals surface area contributed by atoms with E-state index in [2.05, 4.69) is 4.98 Å². The van der Waals surface area contributed by atoms with Crippen LogP contribution in [0.15, 0.2) is 64.8 Å². The number of ether oxygens (including phenoxy) is 1. The van der Waals surface area contributed by atoms with E-state index in [1.165, 1.54) is 32.4 Å². The Kier molecular flexibility index (Phi) is 6.95. The van der Waals surface area contributed by atoms with Crippen molar-refractivity contribution in [2.45, 2.75) is 31.9 Å². The maximum atomic E-state index is 14.1. The Morgan fingerprint density at radius 2 is 1.82 bits per heavy atom. The van der Waals surface area contributed by atoms with Gasteiger partial charge in [-0.05, 0) is 61.6 Å². The molecule has 9 nitrogen and oxygen atoms in total. The van der Waals surface area contributed by atoms with E-state index in [1.807, 2.05) is 0 Å². The minimum absolute atomic E-state index is 0.00840. The maximum absolute atomic E-state index is 14.1. The fraction of sp³-hybridized carbons (Fsp3) is 0.323. The zero-order chi connectivity index (χ0) is 31.8. The number of nitrogens with zero attached hydrogens (tertiary/aromatic N) is 3. The van der Waals surface area contributed by atoms with E-state index in [9.17, 15) is 37.5 Å². The van der Waals surface area contributed by atoms with E-state index in [1.54, 1.807) is 19.1 Å². The van der Waals surface area contributed by atoms with Crippen molar-refractivity contribution >= 4 is 40.8 Å². The molecule has 1 N–H and O–H groups in total. The molecule has 1 aliphatic heterocycles. The van der Waals surface area contributed by atoms with Crippen molar-refractivity contribution in [2.75, 3.05) is 19.2 Å². The van der Waals surface area contributed by atoms with Gasteiger partial charge in [-0.15, -0.1) is 0 Å². The Labute approximate surface area is 254 Å². The van der Waals surface area contributed by atoms with E-state index in [0.29, 0.717) is 17.2 Å². The number of fused-ring (bicyclic) bond motifs is 3. The second-order valence-corrected chi connectivity index (χ2v) is 11.6. The third kappa shape index (κ3) is 4.42. The van der Waals surface area contributed by atoms with Crippen molar-refractivity contribution in [3.63, 3.8) is 0 Å². The van der Waals surface area contributed by atoms with Crippen molar-refractivity contribution in [2.24, 2.45) is 17.8 Å². The monoisotopic (exact) mass is 627 g/mol. The van der Waals surface area contributed by atoms with Crippen molar-refractivity contribution in [1.29, 1.82) is 0 Å². The number of benzene rings is 1. The largest absolute Gasteiger partial charge is 0.504 e. The minimum atomic E-state index is -4.79. The highest BCUT2D eigenvalue weighted by molar-refractivity contribution is 6.33.